The number of carbonyl (C=O) groups is 1. The highest BCUT2D eigenvalue weighted by Gasteiger charge is 2.36. The van der Waals surface area contributed by atoms with Crippen LogP contribution in [0.2, 0.25) is 0 Å². The summed E-state index contributed by atoms with van der Waals surface area (Å²) in [6.07, 6.45) is 2.43. The summed E-state index contributed by atoms with van der Waals surface area (Å²) in [4.78, 5) is 13.1. The van der Waals surface area contributed by atoms with Crippen LogP contribution in [0, 0.1) is 6.92 Å². The van der Waals surface area contributed by atoms with Crippen LogP contribution in [0.1, 0.15) is 52.0 Å². The molecular weight excluding hydrogens is 426 g/mol. The molecule has 1 atom stereocenters. The second-order valence-corrected chi connectivity index (χ2v) is 11.4. The molecule has 10 heteroatoms. The molecule has 0 aliphatic carbocycles. The van der Waals surface area contributed by atoms with E-state index in [1.807, 2.05) is 0 Å². The molecule has 1 unspecified atom stereocenters. The molecule has 1 aliphatic heterocycles. The van der Waals surface area contributed by atoms with Crippen molar-refractivity contribution in [2.45, 2.75) is 64.3 Å². The quantitative estimate of drug-likeness (QED) is 0.611. The molecule has 1 aromatic rings. The van der Waals surface area contributed by atoms with Gasteiger partial charge in [0.2, 0.25) is 26.0 Å². The Morgan fingerprint density at radius 3 is 2.40 bits per heavy atom. The van der Waals surface area contributed by atoms with Crippen LogP contribution in [0.25, 0.3) is 0 Å². The van der Waals surface area contributed by atoms with E-state index in [1.54, 1.807) is 39.8 Å². The lowest BCUT2D eigenvalue weighted by Gasteiger charge is -2.33. The summed E-state index contributed by atoms with van der Waals surface area (Å²) < 4.78 is 53.7. The highest BCUT2D eigenvalue weighted by Crippen LogP contribution is 2.26. The summed E-state index contributed by atoms with van der Waals surface area (Å²) in [6, 6.07) is 3.97. The number of amides is 1. The van der Waals surface area contributed by atoms with E-state index < -0.39 is 32.0 Å². The van der Waals surface area contributed by atoms with Gasteiger partial charge in [0.25, 0.3) is 0 Å². The lowest BCUT2D eigenvalue weighted by atomic mass is 10.0. The van der Waals surface area contributed by atoms with Gasteiger partial charge in [-0.3, -0.25) is 4.79 Å². The number of nitrogens with one attached hydrogen (secondary N) is 1. The minimum atomic E-state index is -3.68. The van der Waals surface area contributed by atoms with Gasteiger partial charge in [0.15, 0.2) is 0 Å². The van der Waals surface area contributed by atoms with E-state index in [2.05, 4.69) is 5.32 Å². The van der Waals surface area contributed by atoms with Crippen molar-refractivity contribution in [2.75, 3.05) is 30.7 Å². The first-order valence-electron chi connectivity index (χ1n) is 10.5. The van der Waals surface area contributed by atoms with Crippen LogP contribution in [0.5, 0.6) is 0 Å². The van der Waals surface area contributed by atoms with Gasteiger partial charge in [0.1, 0.15) is 6.04 Å². The molecule has 30 heavy (non-hydrogen) atoms. The van der Waals surface area contributed by atoms with Crippen molar-refractivity contribution in [3.05, 3.63) is 23.8 Å². The highest BCUT2D eigenvalue weighted by molar-refractivity contribution is 7.89. The van der Waals surface area contributed by atoms with Gasteiger partial charge in [-0.1, -0.05) is 33.3 Å². The lowest BCUT2D eigenvalue weighted by molar-refractivity contribution is -0.120. The fourth-order valence-electron chi connectivity index (χ4n) is 3.76. The molecule has 1 fully saturated rings. The number of rotatable bonds is 9. The minimum Gasteiger partial charge on any atom is -0.325 e. The predicted octanol–water partition coefficient (Wildman–Crippen LogP) is 2.56. The number of benzene rings is 1. The molecule has 0 bridgehead atoms. The maximum atomic E-state index is 12.9. The number of hydrogen-bond acceptors (Lipinski definition) is 5. The molecule has 1 aromatic carbocycles. The summed E-state index contributed by atoms with van der Waals surface area (Å²) in [5, 5.41) is 2.74. The molecule has 170 valence electrons. The Labute approximate surface area is 180 Å². The van der Waals surface area contributed by atoms with Crippen LogP contribution in [0.4, 0.5) is 5.69 Å². The Kier molecular flexibility index (Phi) is 8.43. The first-order chi connectivity index (χ1) is 14.1. The third-order valence-electron chi connectivity index (χ3n) is 5.35. The Hall–Kier alpha value is -1.49. The molecule has 1 saturated heterocycles. The van der Waals surface area contributed by atoms with Crippen molar-refractivity contribution in [3.8, 4) is 0 Å². The van der Waals surface area contributed by atoms with Crippen molar-refractivity contribution in [3.63, 3.8) is 0 Å². The van der Waals surface area contributed by atoms with E-state index in [1.165, 1.54) is 14.7 Å². The zero-order chi connectivity index (χ0) is 22.5. The van der Waals surface area contributed by atoms with Gasteiger partial charge in [-0.15, -0.1) is 0 Å². The Morgan fingerprint density at radius 2 is 1.80 bits per heavy atom. The van der Waals surface area contributed by atoms with Gasteiger partial charge in [-0.2, -0.15) is 8.61 Å². The van der Waals surface area contributed by atoms with Crippen LogP contribution in [-0.4, -0.2) is 62.8 Å². The molecule has 1 amide bonds. The highest BCUT2D eigenvalue weighted by atomic mass is 32.2. The topological polar surface area (TPSA) is 104 Å². The number of anilines is 1. The molecule has 8 nitrogen and oxygen atoms in total. The number of piperidine rings is 1. The smallest absolute Gasteiger partial charge is 0.243 e. The second kappa shape index (κ2) is 10.2. The average molecular weight is 460 g/mol. The van der Waals surface area contributed by atoms with Crippen molar-refractivity contribution in [1.29, 1.82) is 0 Å². The van der Waals surface area contributed by atoms with E-state index in [9.17, 15) is 21.6 Å². The predicted molar refractivity (Wildman–Crippen MR) is 118 cm³/mol. The SMILES string of the molecule is CCCS(=O)(=O)N1CCCCC1C(=O)Nc1ccc(C)c(S(=O)(=O)N(CC)CC)c1. The lowest BCUT2D eigenvalue weighted by Crippen LogP contribution is -2.50. The number of hydrogen-bond donors (Lipinski definition) is 1. The van der Waals surface area contributed by atoms with Crippen LogP contribution < -0.4 is 5.32 Å². The summed E-state index contributed by atoms with van der Waals surface area (Å²) in [5.41, 5.74) is 0.930. The normalized spacial score (nSPS) is 18.5. The fourth-order valence-corrected chi connectivity index (χ4v) is 7.21. The van der Waals surface area contributed by atoms with Gasteiger partial charge in [0.05, 0.1) is 10.6 Å². The Balaban J connectivity index is 2.30. The van der Waals surface area contributed by atoms with Crippen LogP contribution >= 0.6 is 0 Å². The molecule has 1 heterocycles. The fraction of sp³-hybridized carbons (Fsp3) is 0.650. The van der Waals surface area contributed by atoms with Gasteiger partial charge in [-0.25, -0.2) is 16.8 Å². The van der Waals surface area contributed by atoms with Crippen molar-refractivity contribution in [1.82, 2.24) is 8.61 Å². The van der Waals surface area contributed by atoms with Crippen LogP contribution in [-0.2, 0) is 24.8 Å². The van der Waals surface area contributed by atoms with Gasteiger partial charge >= 0.3 is 0 Å². The number of sulfonamides is 2. The largest absolute Gasteiger partial charge is 0.325 e. The number of nitrogens with zero attached hydrogens (tertiary/aromatic N) is 2. The molecule has 0 aromatic heterocycles. The summed E-state index contributed by atoms with van der Waals surface area (Å²) in [5.74, 6) is -0.419. The summed E-state index contributed by atoms with van der Waals surface area (Å²) >= 11 is 0. The standard InChI is InChI=1S/C20H33N3O5S2/c1-5-14-29(25,26)23-13-9-8-10-18(23)20(24)21-17-12-11-16(4)19(15-17)30(27,28)22(6-2)7-3/h11-12,15,18H,5-10,13-14H2,1-4H3,(H,21,24). The third kappa shape index (κ3) is 5.40. The van der Waals surface area contributed by atoms with Gasteiger partial charge < -0.3 is 5.32 Å². The van der Waals surface area contributed by atoms with Crippen molar-refractivity contribution >= 4 is 31.6 Å². The molecule has 0 spiro atoms. The zero-order valence-electron chi connectivity index (χ0n) is 18.2. The van der Waals surface area contributed by atoms with E-state index in [-0.39, 0.29) is 10.6 Å². The van der Waals surface area contributed by atoms with Crippen LogP contribution in [0.3, 0.4) is 0 Å². The van der Waals surface area contributed by atoms with Crippen molar-refractivity contribution in [2.24, 2.45) is 0 Å². The average Bonchev–Trinajstić information content (AvgIpc) is 2.70. The van der Waals surface area contributed by atoms with Crippen molar-refractivity contribution < 1.29 is 21.6 Å². The second-order valence-electron chi connectivity index (χ2n) is 7.50. The Morgan fingerprint density at radius 1 is 1.13 bits per heavy atom. The summed E-state index contributed by atoms with van der Waals surface area (Å²) in [7, 11) is -7.19. The molecule has 0 radical (unpaired) electrons. The van der Waals surface area contributed by atoms with Gasteiger partial charge in [0, 0.05) is 25.3 Å². The first-order valence-corrected chi connectivity index (χ1v) is 13.5. The maximum absolute atomic E-state index is 12.9. The van der Waals surface area contributed by atoms with Gasteiger partial charge in [-0.05, 0) is 43.9 Å². The molecule has 0 saturated carbocycles. The number of carbonyl (C=O) groups excluding carboxylic acids is 1. The van der Waals surface area contributed by atoms with Crippen LogP contribution in [0.15, 0.2) is 23.1 Å². The molecule has 2 rings (SSSR count). The summed E-state index contributed by atoms with van der Waals surface area (Å²) in [6.45, 7) is 8.08. The van der Waals surface area contributed by atoms with E-state index in [4.69, 9.17) is 0 Å². The first kappa shape index (κ1) is 24.8. The zero-order valence-corrected chi connectivity index (χ0v) is 19.9. The third-order valence-corrected chi connectivity index (χ3v) is 9.62. The van der Waals surface area contributed by atoms with E-state index >= 15 is 0 Å². The molecular formula is C20H33N3O5S2. The Bertz CT molecular complexity index is 957. The molecule has 1 aliphatic rings. The molecule has 1 N–H and O–H groups in total. The van der Waals surface area contributed by atoms with E-state index in [0.29, 0.717) is 43.7 Å². The minimum absolute atomic E-state index is 0.00751. The number of aryl methyl sites for hydroxylation is 1. The van der Waals surface area contributed by atoms with E-state index in [0.717, 1.165) is 12.8 Å². The monoisotopic (exact) mass is 459 g/mol. The maximum Gasteiger partial charge on any atom is 0.243 e.